The van der Waals surface area contributed by atoms with E-state index in [4.69, 9.17) is 10.5 Å². The molecular weight excluding hydrogens is 188 g/mol. The van der Waals surface area contributed by atoms with Crippen molar-refractivity contribution in [3.05, 3.63) is 29.6 Å². The van der Waals surface area contributed by atoms with E-state index in [9.17, 15) is 0 Å². The second-order valence-corrected chi connectivity index (χ2v) is 4.20. The Morgan fingerprint density at radius 2 is 2.20 bits per heavy atom. The first kappa shape index (κ1) is 12.1. The molecule has 0 aliphatic carbocycles. The summed E-state index contributed by atoms with van der Waals surface area (Å²) < 4.78 is 5.09. The Balaban J connectivity index is 2.56. The van der Waals surface area contributed by atoms with Crippen molar-refractivity contribution in [2.75, 3.05) is 13.7 Å². The first-order chi connectivity index (χ1) is 7.13. The molecule has 1 aromatic heterocycles. The minimum absolute atomic E-state index is 0.0579. The van der Waals surface area contributed by atoms with Crippen molar-refractivity contribution >= 4 is 0 Å². The molecule has 0 aliphatic rings. The smallest absolute Gasteiger partial charge is 0.0488 e. The van der Waals surface area contributed by atoms with Gasteiger partial charge in [-0.3, -0.25) is 4.98 Å². The molecule has 0 saturated carbocycles. The van der Waals surface area contributed by atoms with E-state index in [0.717, 1.165) is 24.2 Å². The fourth-order valence-corrected chi connectivity index (χ4v) is 1.70. The van der Waals surface area contributed by atoms with Crippen molar-refractivity contribution in [2.24, 2.45) is 11.7 Å². The Morgan fingerprint density at radius 1 is 1.47 bits per heavy atom. The maximum absolute atomic E-state index is 6.10. The van der Waals surface area contributed by atoms with Crippen LogP contribution in [0.2, 0.25) is 0 Å². The van der Waals surface area contributed by atoms with Gasteiger partial charge in [0.1, 0.15) is 0 Å². The van der Waals surface area contributed by atoms with Gasteiger partial charge in [-0.1, -0.05) is 13.0 Å². The number of ether oxygens (including phenoxy) is 1. The standard InChI is InChI=1S/C12H20N2O/c1-9-4-11(7-14-6-9)12(13)5-10(2)8-15-3/h4,6-7,10,12H,5,8,13H2,1-3H3. The predicted molar refractivity (Wildman–Crippen MR) is 61.6 cm³/mol. The maximum Gasteiger partial charge on any atom is 0.0488 e. The van der Waals surface area contributed by atoms with Gasteiger partial charge in [0, 0.05) is 32.2 Å². The van der Waals surface area contributed by atoms with Gasteiger partial charge in [-0.15, -0.1) is 0 Å². The predicted octanol–water partition coefficient (Wildman–Crippen LogP) is 2.06. The van der Waals surface area contributed by atoms with Crippen molar-refractivity contribution < 1.29 is 4.74 Å². The summed E-state index contributed by atoms with van der Waals surface area (Å²) in [5.74, 6) is 0.477. The van der Waals surface area contributed by atoms with E-state index in [1.807, 2.05) is 19.3 Å². The van der Waals surface area contributed by atoms with Gasteiger partial charge in [0.15, 0.2) is 0 Å². The summed E-state index contributed by atoms with van der Waals surface area (Å²) in [4.78, 5) is 4.15. The number of nitrogens with two attached hydrogens (primary N) is 1. The summed E-state index contributed by atoms with van der Waals surface area (Å²) in [7, 11) is 1.72. The molecule has 1 aromatic rings. The topological polar surface area (TPSA) is 48.1 Å². The molecule has 3 heteroatoms. The van der Waals surface area contributed by atoms with Crippen LogP contribution in [0.3, 0.4) is 0 Å². The van der Waals surface area contributed by atoms with Crippen LogP contribution in [0.1, 0.15) is 30.5 Å². The molecule has 2 atom stereocenters. The van der Waals surface area contributed by atoms with Crippen molar-refractivity contribution in [3.63, 3.8) is 0 Å². The van der Waals surface area contributed by atoms with Crippen LogP contribution >= 0.6 is 0 Å². The third-order valence-corrected chi connectivity index (χ3v) is 2.43. The lowest BCUT2D eigenvalue weighted by Crippen LogP contribution is -2.16. The first-order valence-electron chi connectivity index (χ1n) is 5.29. The van der Waals surface area contributed by atoms with Gasteiger partial charge in [0.25, 0.3) is 0 Å². The van der Waals surface area contributed by atoms with Gasteiger partial charge in [-0.05, 0) is 30.4 Å². The van der Waals surface area contributed by atoms with Gasteiger partial charge in [0.05, 0.1) is 0 Å². The van der Waals surface area contributed by atoms with Crippen LogP contribution in [0, 0.1) is 12.8 Å². The largest absolute Gasteiger partial charge is 0.384 e. The van der Waals surface area contributed by atoms with Crippen LogP contribution in [0.15, 0.2) is 18.5 Å². The minimum atomic E-state index is 0.0579. The molecule has 0 spiro atoms. The Morgan fingerprint density at radius 3 is 2.80 bits per heavy atom. The highest BCUT2D eigenvalue weighted by Gasteiger charge is 2.11. The lowest BCUT2D eigenvalue weighted by molar-refractivity contribution is 0.152. The van der Waals surface area contributed by atoms with E-state index < -0.39 is 0 Å². The Hall–Kier alpha value is -0.930. The highest BCUT2D eigenvalue weighted by Crippen LogP contribution is 2.18. The number of nitrogens with zero attached hydrogens (tertiary/aromatic N) is 1. The molecule has 1 heterocycles. The van der Waals surface area contributed by atoms with E-state index in [1.54, 1.807) is 7.11 Å². The lowest BCUT2D eigenvalue weighted by Gasteiger charge is -2.16. The molecule has 0 fully saturated rings. The molecule has 0 amide bonds. The minimum Gasteiger partial charge on any atom is -0.384 e. The number of methoxy groups -OCH3 is 1. The molecule has 15 heavy (non-hydrogen) atoms. The van der Waals surface area contributed by atoms with Crippen LogP contribution in [0.25, 0.3) is 0 Å². The highest BCUT2D eigenvalue weighted by atomic mass is 16.5. The van der Waals surface area contributed by atoms with E-state index in [1.165, 1.54) is 0 Å². The second-order valence-electron chi connectivity index (χ2n) is 4.20. The third-order valence-electron chi connectivity index (χ3n) is 2.43. The Labute approximate surface area is 91.7 Å². The van der Waals surface area contributed by atoms with E-state index in [0.29, 0.717) is 5.92 Å². The van der Waals surface area contributed by atoms with Crippen LogP contribution in [-0.4, -0.2) is 18.7 Å². The zero-order valence-electron chi connectivity index (χ0n) is 9.73. The molecule has 2 unspecified atom stereocenters. The fourth-order valence-electron chi connectivity index (χ4n) is 1.70. The summed E-state index contributed by atoms with van der Waals surface area (Å²) in [6, 6.07) is 2.15. The normalized spacial score (nSPS) is 14.9. The van der Waals surface area contributed by atoms with Crippen molar-refractivity contribution in [1.29, 1.82) is 0 Å². The van der Waals surface area contributed by atoms with Crippen molar-refractivity contribution in [3.8, 4) is 0 Å². The Kier molecular flexibility index (Phi) is 4.72. The number of aryl methyl sites for hydroxylation is 1. The molecule has 2 N–H and O–H groups in total. The molecule has 0 aromatic carbocycles. The summed E-state index contributed by atoms with van der Waals surface area (Å²) in [6.07, 6.45) is 4.62. The van der Waals surface area contributed by atoms with Gasteiger partial charge in [-0.25, -0.2) is 0 Å². The van der Waals surface area contributed by atoms with Gasteiger partial charge >= 0.3 is 0 Å². The molecular formula is C12H20N2O. The zero-order valence-corrected chi connectivity index (χ0v) is 9.73. The summed E-state index contributed by atoms with van der Waals surface area (Å²) in [5, 5.41) is 0. The average molecular weight is 208 g/mol. The van der Waals surface area contributed by atoms with Crippen molar-refractivity contribution in [2.45, 2.75) is 26.3 Å². The monoisotopic (exact) mass is 208 g/mol. The third kappa shape index (κ3) is 3.98. The maximum atomic E-state index is 6.10. The quantitative estimate of drug-likeness (QED) is 0.805. The number of pyridine rings is 1. The summed E-state index contributed by atoms with van der Waals surface area (Å²) >= 11 is 0. The molecule has 0 bridgehead atoms. The average Bonchev–Trinajstić information content (AvgIpc) is 2.18. The van der Waals surface area contributed by atoms with Gasteiger partial charge in [-0.2, -0.15) is 0 Å². The van der Waals surface area contributed by atoms with Gasteiger partial charge < -0.3 is 10.5 Å². The molecule has 0 radical (unpaired) electrons. The van der Waals surface area contributed by atoms with E-state index in [-0.39, 0.29) is 6.04 Å². The molecule has 1 rings (SSSR count). The number of hydrogen-bond acceptors (Lipinski definition) is 3. The SMILES string of the molecule is COCC(C)CC(N)c1cncc(C)c1. The van der Waals surface area contributed by atoms with Crippen LogP contribution in [0.5, 0.6) is 0 Å². The van der Waals surface area contributed by atoms with Crippen molar-refractivity contribution in [1.82, 2.24) is 4.98 Å². The summed E-state index contributed by atoms with van der Waals surface area (Å²) in [6.45, 7) is 4.93. The van der Waals surface area contributed by atoms with E-state index >= 15 is 0 Å². The number of hydrogen-bond donors (Lipinski definition) is 1. The first-order valence-corrected chi connectivity index (χ1v) is 5.29. The van der Waals surface area contributed by atoms with Crippen LogP contribution in [0.4, 0.5) is 0 Å². The van der Waals surface area contributed by atoms with Crippen LogP contribution < -0.4 is 5.73 Å². The fraction of sp³-hybridized carbons (Fsp3) is 0.583. The lowest BCUT2D eigenvalue weighted by atomic mass is 9.97. The van der Waals surface area contributed by atoms with E-state index in [2.05, 4.69) is 18.0 Å². The zero-order chi connectivity index (χ0) is 11.3. The molecule has 0 saturated heterocycles. The highest BCUT2D eigenvalue weighted by molar-refractivity contribution is 5.19. The second kappa shape index (κ2) is 5.83. The number of rotatable bonds is 5. The Bertz CT molecular complexity index is 301. The van der Waals surface area contributed by atoms with Gasteiger partial charge in [0.2, 0.25) is 0 Å². The summed E-state index contributed by atoms with van der Waals surface area (Å²) in [5.41, 5.74) is 8.36. The molecule has 84 valence electrons. The molecule has 0 aliphatic heterocycles. The molecule has 3 nitrogen and oxygen atoms in total. The van der Waals surface area contributed by atoms with Crippen LogP contribution in [-0.2, 0) is 4.74 Å². The number of aromatic nitrogens is 1.